The SMILES string of the molecule is O=C(CC(=O)NC1CCCCCC1)NCCN1CCOCC1. The van der Waals surface area contributed by atoms with Gasteiger partial charge in [0.25, 0.3) is 0 Å². The molecule has 2 rings (SSSR count). The molecule has 0 bridgehead atoms. The molecule has 1 heterocycles. The van der Waals surface area contributed by atoms with Gasteiger partial charge in [-0.1, -0.05) is 25.7 Å². The highest BCUT2D eigenvalue weighted by Gasteiger charge is 2.17. The summed E-state index contributed by atoms with van der Waals surface area (Å²) >= 11 is 0. The molecular formula is C16H29N3O3. The molecule has 0 spiro atoms. The first kappa shape index (κ1) is 17.2. The van der Waals surface area contributed by atoms with Gasteiger partial charge in [0.15, 0.2) is 0 Å². The van der Waals surface area contributed by atoms with Gasteiger partial charge in [0.2, 0.25) is 11.8 Å². The fourth-order valence-electron chi connectivity index (χ4n) is 3.09. The second-order valence-electron chi connectivity index (χ2n) is 6.24. The van der Waals surface area contributed by atoms with Crippen LogP contribution in [0, 0.1) is 0 Å². The van der Waals surface area contributed by atoms with Gasteiger partial charge in [-0.25, -0.2) is 0 Å². The Labute approximate surface area is 132 Å². The lowest BCUT2D eigenvalue weighted by molar-refractivity contribution is -0.129. The van der Waals surface area contributed by atoms with E-state index in [1.54, 1.807) is 0 Å². The molecule has 22 heavy (non-hydrogen) atoms. The molecule has 0 aromatic rings. The number of nitrogens with one attached hydrogen (secondary N) is 2. The van der Waals surface area contributed by atoms with Gasteiger partial charge in [-0.15, -0.1) is 0 Å². The summed E-state index contributed by atoms with van der Waals surface area (Å²) in [4.78, 5) is 25.9. The molecular weight excluding hydrogens is 282 g/mol. The Balaban J connectivity index is 1.56. The third-order valence-electron chi connectivity index (χ3n) is 4.40. The minimum absolute atomic E-state index is 0.0559. The van der Waals surface area contributed by atoms with Gasteiger partial charge < -0.3 is 15.4 Å². The highest BCUT2D eigenvalue weighted by atomic mass is 16.5. The van der Waals surface area contributed by atoms with Crippen molar-refractivity contribution in [1.29, 1.82) is 0 Å². The molecule has 1 aliphatic carbocycles. The first-order chi connectivity index (χ1) is 10.7. The molecule has 6 nitrogen and oxygen atoms in total. The summed E-state index contributed by atoms with van der Waals surface area (Å²) in [6.45, 7) is 4.76. The second kappa shape index (κ2) is 9.79. The van der Waals surface area contributed by atoms with Crippen molar-refractivity contribution in [3.8, 4) is 0 Å². The Kier molecular flexibility index (Phi) is 7.66. The lowest BCUT2D eigenvalue weighted by Crippen LogP contribution is -2.42. The zero-order valence-electron chi connectivity index (χ0n) is 13.4. The number of ether oxygens (including phenoxy) is 1. The molecule has 0 aromatic carbocycles. The molecule has 126 valence electrons. The summed E-state index contributed by atoms with van der Waals surface area (Å²) in [5.74, 6) is -0.324. The number of carbonyl (C=O) groups is 2. The van der Waals surface area contributed by atoms with E-state index in [1.807, 2.05) is 0 Å². The highest BCUT2D eigenvalue weighted by molar-refractivity contribution is 5.96. The van der Waals surface area contributed by atoms with Crippen molar-refractivity contribution in [2.24, 2.45) is 0 Å². The number of nitrogens with zero attached hydrogens (tertiary/aromatic N) is 1. The molecule has 2 N–H and O–H groups in total. The number of rotatable bonds is 6. The van der Waals surface area contributed by atoms with Crippen molar-refractivity contribution in [2.45, 2.75) is 51.0 Å². The monoisotopic (exact) mass is 311 g/mol. The zero-order chi connectivity index (χ0) is 15.6. The predicted molar refractivity (Wildman–Crippen MR) is 84.5 cm³/mol. The predicted octanol–water partition coefficient (Wildman–Crippen LogP) is 0.664. The van der Waals surface area contributed by atoms with Gasteiger partial charge >= 0.3 is 0 Å². The van der Waals surface area contributed by atoms with Crippen LogP contribution in [0.25, 0.3) is 0 Å². The fourth-order valence-corrected chi connectivity index (χ4v) is 3.09. The van der Waals surface area contributed by atoms with Gasteiger partial charge in [0.1, 0.15) is 6.42 Å². The molecule has 2 amide bonds. The van der Waals surface area contributed by atoms with Gasteiger partial charge in [-0.2, -0.15) is 0 Å². The maximum atomic E-state index is 11.9. The van der Waals surface area contributed by atoms with Crippen molar-refractivity contribution in [3.05, 3.63) is 0 Å². The minimum atomic E-state index is -0.181. The largest absolute Gasteiger partial charge is 0.379 e. The van der Waals surface area contributed by atoms with Crippen molar-refractivity contribution in [2.75, 3.05) is 39.4 Å². The molecule has 0 radical (unpaired) electrons. The Morgan fingerprint density at radius 2 is 1.68 bits per heavy atom. The van der Waals surface area contributed by atoms with E-state index in [0.717, 1.165) is 45.7 Å². The number of hydrogen-bond donors (Lipinski definition) is 2. The standard InChI is InChI=1S/C16H29N3O3/c20-15(17-7-8-19-9-11-22-12-10-19)13-16(21)18-14-5-3-1-2-4-6-14/h14H,1-13H2,(H,17,20)(H,18,21). The van der Waals surface area contributed by atoms with Crippen LogP contribution in [0.2, 0.25) is 0 Å². The van der Waals surface area contributed by atoms with Crippen LogP contribution in [0.1, 0.15) is 44.9 Å². The van der Waals surface area contributed by atoms with Crippen LogP contribution in [-0.4, -0.2) is 62.1 Å². The number of morpholine rings is 1. The summed E-state index contributed by atoms with van der Waals surface area (Å²) in [5.41, 5.74) is 0. The van der Waals surface area contributed by atoms with Crippen LogP contribution in [0.4, 0.5) is 0 Å². The van der Waals surface area contributed by atoms with Crippen molar-refractivity contribution in [3.63, 3.8) is 0 Å². The number of amides is 2. The maximum absolute atomic E-state index is 11.9. The third kappa shape index (κ3) is 6.75. The molecule has 0 atom stereocenters. The molecule has 0 unspecified atom stereocenters. The smallest absolute Gasteiger partial charge is 0.229 e. The summed E-state index contributed by atoms with van der Waals surface area (Å²) in [5, 5.41) is 5.83. The van der Waals surface area contributed by atoms with Crippen LogP contribution in [0.5, 0.6) is 0 Å². The zero-order valence-corrected chi connectivity index (χ0v) is 13.4. The topological polar surface area (TPSA) is 70.7 Å². The number of carbonyl (C=O) groups excluding carboxylic acids is 2. The summed E-state index contributed by atoms with van der Waals surface area (Å²) < 4.78 is 5.28. The van der Waals surface area contributed by atoms with E-state index < -0.39 is 0 Å². The minimum Gasteiger partial charge on any atom is -0.379 e. The molecule has 1 saturated carbocycles. The average molecular weight is 311 g/mol. The average Bonchev–Trinajstić information content (AvgIpc) is 2.77. The van der Waals surface area contributed by atoms with E-state index in [9.17, 15) is 9.59 Å². The molecule has 2 aliphatic rings. The van der Waals surface area contributed by atoms with Crippen molar-refractivity contribution >= 4 is 11.8 Å². The van der Waals surface area contributed by atoms with E-state index in [1.165, 1.54) is 25.7 Å². The Hall–Kier alpha value is -1.14. The van der Waals surface area contributed by atoms with Gasteiger partial charge in [-0.3, -0.25) is 14.5 Å². The first-order valence-corrected chi connectivity index (χ1v) is 8.60. The van der Waals surface area contributed by atoms with Gasteiger partial charge in [0, 0.05) is 32.2 Å². The Morgan fingerprint density at radius 1 is 1.00 bits per heavy atom. The van der Waals surface area contributed by atoms with Crippen molar-refractivity contribution in [1.82, 2.24) is 15.5 Å². The normalized spacial score (nSPS) is 21.1. The quantitative estimate of drug-likeness (QED) is 0.558. The van der Waals surface area contributed by atoms with Crippen LogP contribution in [-0.2, 0) is 14.3 Å². The Bertz CT molecular complexity index is 349. The second-order valence-corrected chi connectivity index (χ2v) is 6.24. The molecule has 0 aromatic heterocycles. The van der Waals surface area contributed by atoms with E-state index in [0.29, 0.717) is 6.54 Å². The van der Waals surface area contributed by atoms with Crippen molar-refractivity contribution < 1.29 is 14.3 Å². The maximum Gasteiger partial charge on any atom is 0.229 e. The van der Waals surface area contributed by atoms with Gasteiger partial charge in [-0.05, 0) is 12.8 Å². The molecule has 2 fully saturated rings. The lowest BCUT2D eigenvalue weighted by Gasteiger charge is -2.26. The molecule has 6 heteroatoms. The fraction of sp³-hybridized carbons (Fsp3) is 0.875. The Morgan fingerprint density at radius 3 is 2.36 bits per heavy atom. The first-order valence-electron chi connectivity index (χ1n) is 8.60. The molecule has 1 saturated heterocycles. The van der Waals surface area contributed by atoms with E-state index in [4.69, 9.17) is 4.74 Å². The van der Waals surface area contributed by atoms with Crippen LogP contribution in [0.15, 0.2) is 0 Å². The molecule has 1 aliphatic heterocycles. The van der Waals surface area contributed by atoms with Crippen LogP contribution < -0.4 is 10.6 Å². The number of hydrogen-bond acceptors (Lipinski definition) is 4. The van der Waals surface area contributed by atoms with E-state index in [2.05, 4.69) is 15.5 Å². The lowest BCUT2D eigenvalue weighted by atomic mass is 10.1. The highest BCUT2D eigenvalue weighted by Crippen LogP contribution is 2.17. The third-order valence-corrected chi connectivity index (χ3v) is 4.40. The van der Waals surface area contributed by atoms with Crippen LogP contribution in [0.3, 0.4) is 0 Å². The van der Waals surface area contributed by atoms with Crippen LogP contribution >= 0.6 is 0 Å². The summed E-state index contributed by atoms with van der Waals surface area (Å²) in [7, 11) is 0. The van der Waals surface area contributed by atoms with E-state index in [-0.39, 0.29) is 24.3 Å². The van der Waals surface area contributed by atoms with E-state index >= 15 is 0 Å². The van der Waals surface area contributed by atoms with Gasteiger partial charge in [0.05, 0.1) is 13.2 Å². The summed E-state index contributed by atoms with van der Waals surface area (Å²) in [6.07, 6.45) is 6.91. The summed E-state index contributed by atoms with van der Waals surface area (Å²) in [6, 6.07) is 0.260.